The topological polar surface area (TPSA) is 44.5 Å². The van der Waals surface area contributed by atoms with Crippen molar-refractivity contribution in [3.8, 4) is 11.5 Å². The Kier molecular flexibility index (Phi) is 4.53. The van der Waals surface area contributed by atoms with Crippen molar-refractivity contribution >= 4 is 0 Å². The highest BCUT2D eigenvalue weighted by molar-refractivity contribution is 5.37. The van der Waals surface area contributed by atoms with Crippen LogP contribution >= 0.6 is 0 Å². The van der Waals surface area contributed by atoms with Crippen LogP contribution in [0.1, 0.15) is 11.1 Å². The zero-order valence-electron chi connectivity index (χ0n) is 11.0. The molecule has 2 N–H and O–H groups in total. The molecule has 0 saturated carbocycles. The number of nitrogens with two attached hydrogens (primary N) is 1. The van der Waals surface area contributed by atoms with Crippen LogP contribution in [-0.4, -0.2) is 7.11 Å². The van der Waals surface area contributed by atoms with E-state index < -0.39 is 11.6 Å². The number of ether oxygens (including phenoxy) is 2. The molecule has 5 heteroatoms. The van der Waals surface area contributed by atoms with Crippen LogP contribution < -0.4 is 15.2 Å². The van der Waals surface area contributed by atoms with Crippen molar-refractivity contribution in [2.45, 2.75) is 13.2 Å². The molecule has 0 fully saturated rings. The van der Waals surface area contributed by atoms with Gasteiger partial charge in [-0.15, -0.1) is 0 Å². The lowest BCUT2D eigenvalue weighted by molar-refractivity contribution is 0.273. The van der Waals surface area contributed by atoms with E-state index in [2.05, 4.69) is 0 Å². The van der Waals surface area contributed by atoms with Gasteiger partial charge in [-0.25, -0.2) is 8.78 Å². The minimum Gasteiger partial charge on any atom is -0.496 e. The lowest BCUT2D eigenvalue weighted by Crippen LogP contribution is -2.03. The highest BCUT2D eigenvalue weighted by Crippen LogP contribution is 2.24. The van der Waals surface area contributed by atoms with Crippen molar-refractivity contribution in [2.24, 2.45) is 5.73 Å². The molecule has 106 valence electrons. The lowest BCUT2D eigenvalue weighted by atomic mass is 10.1. The molecule has 0 saturated heterocycles. The zero-order valence-corrected chi connectivity index (χ0v) is 11.0. The summed E-state index contributed by atoms with van der Waals surface area (Å²) in [4.78, 5) is 0. The maximum absolute atomic E-state index is 13.4. The number of halogens is 2. The molecule has 3 nitrogen and oxygen atoms in total. The molecular formula is C15H15F2NO2. The average Bonchev–Trinajstić information content (AvgIpc) is 2.46. The van der Waals surface area contributed by atoms with Gasteiger partial charge in [0.15, 0.2) is 17.4 Å². The van der Waals surface area contributed by atoms with Gasteiger partial charge in [0.25, 0.3) is 0 Å². The zero-order chi connectivity index (χ0) is 14.5. The molecule has 0 aliphatic heterocycles. The van der Waals surface area contributed by atoms with E-state index in [1.54, 1.807) is 18.2 Å². The minimum absolute atomic E-state index is 0.0407. The molecule has 2 rings (SSSR count). The molecule has 0 amide bonds. The van der Waals surface area contributed by atoms with Crippen LogP contribution in [0.4, 0.5) is 8.78 Å². The second-order valence-electron chi connectivity index (χ2n) is 4.19. The summed E-state index contributed by atoms with van der Waals surface area (Å²) >= 11 is 0. The third-order valence-electron chi connectivity index (χ3n) is 2.87. The van der Waals surface area contributed by atoms with Gasteiger partial charge in [-0.2, -0.15) is 0 Å². The van der Waals surface area contributed by atoms with Gasteiger partial charge in [-0.05, 0) is 23.8 Å². The van der Waals surface area contributed by atoms with E-state index in [0.29, 0.717) is 12.3 Å². The molecule has 0 radical (unpaired) electrons. The van der Waals surface area contributed by atoms with Crippen LogP contribution in [0.5, 0.6) is 11.5 Å². The van der Waals surface area contributed by atoms with Crippen LogP contribution in [0.25, 0.3) is 0 Å². The maximum Gasteiger partial charge on any atom is 0.191 e. The van der Waals surface area contributed by atoms with Crippen molar-refractivity contribution in [2.75, 3.05) is 7.11 Å². The predicted molar refractivity (Wildman–Crippen MR) is 71.6 cm³/mol. The molecule has 0 unspecified atom stereocenters. The van der Waals surface area contributed by atoms with Crippen LogP contribution in [0.3, 0.4) is 0 Å². The Bertz CT molecular complexity index is 582. The van der Waals surface area contributed by atoms with Crippen LogP contribution in [0.2, 0.25) is 0 Å². The summed E-state index contributed by atoms with van der Waals surface area (Å²) in [7, 11) is 1.54. The van der Waals surface area contributed by atoms with E-state index in [1.807, 2.05) is 0 Å². The van der Waals surface area contributed by atoms with Gasteiger partial charge in [0, 0.05) is 12.1 Å². The molecule has 0 atom stereocenters. The Morgan fingerprint density at radius 1 is 1.10 bits per heavy atom. The van der Waals surface area contributed by atoms with E-state index in [0.717, 1.165) is 23.3 Å². The molecule has 0 aliphatic rings. The third kappa shape index (κ3) is 3.05. The second kappa shape index (κ2) is 6.34. The number of hydrogen-bond donors (Lipinski definition) is 1. The quantitative estimate of drug-likeness (QED) is 0.915. The van der Waals surface area contributed by atoms with E-state index in [9.17, 15) is 8.78 Å². The Labute approximate surface area is 115 Å². The molecule has 0 heterocycles. The van der Waals surface area contributed by atoms with Gasteiger partial charge in [-0.1, -0.05) is 18.2 Å². The SMILES string of the molecule is COc1cc(COc2c(F)cccc2F)ccc1CN. The third-order valence-corrected chi connectivity index (χ3v) is 2.87. The monoisotopic (exact) mass is 279 g/mol. The van der Waals surface area contributed by atoms with Crippen molar-refractivity contribution in [1.82, 2.24) is 0 Å². The Morgan fingerprint density at radius 2 is 1.80 bits per heavy atom. The van der Waals surface area contributed by atoms with Gasteiger partial charge in [0.2, 0.25) is 0 Å². The van der Waals surface area contributed by atoms with E-state index >= 15 is 0 Å². The highest BCUT2D eigenvalue weighted by Gasteiger charge is 2.10. The smallest absolute Gasteiger partial charge is 0.191 e. The predicted octanol–water partition coefficient (Wildman–Crippen LogP) is 3.01. The molecule has 2 aromatic rings. The molecule has 2 aromatic carbocycles. The molecular weight excluding hydrogens is 264 g/mol. The molecule has 0 aromatic heterocycles. The molecule has 0 aliphatic carbocycles. The van der Waals surface area contributed by atoms with Crippen LogP contribution in [0, 0.1) is 11.6 Å². The fourth-order valence-corrected chi connectivity index (χ4v) is 1.82. The van der Waals surface area contributed by atoms with Gasteiger partial charge in [-0.3, -0.25) is 0 Å². The van der Waals surface area contributed by atoms with Gasteiger partial charge in [0.1, 0.15) is 12.4 Å². The summed E-state index contributed by atoms with van der Waals surface area (Å²) in [5, 5.41) is 0. The van der Waals surface area contributed by atoms with E-state index in [4.69, 9.17) is 15.2 Å². The van der Waals surface area contributed by atoms with E-state index in [-0.39, 0.29) is 12.4 Å². The molecule has 0 bridgehead atoms. The second-order valence-corrected chi connectivity index (χ2v) is 4.19. The first-order chi connectivity index (χ1) is 9.65. The van der Waals surface area contributed by atoms with Crippen molar-refractivity contribution < 1.29 is 18.3 Å². The number of rotatable bonds is 5. The normalized spacial score (nSPS) is 10.4. The summed E-state index contributed by atoms with van der Waals surface area (Å²) in [6.07, 6.45) is 0. The summed E-state index contributed by atoms with van der Waals surface area (Å²) in [6.45, 7) is 0.394. The first-order valence-electron chi connectivity index (χ1n) is 6.08. The first kappa shape index (κ1) is 14.3. The highest BCUT2D eigenvalue weighted by atomic mass is 19.1. The van der Waals surface area contributed by atoms with E-state index in [1.165, 1.54) is 13.2 Å². The summed E-state index contributed by atoms with van der Waals surface area (Å²) in [5.41, 5.74) is 7.16. The fourth-order valence-electron chi connectivity index (χ4n) is 1.82. The number of para-hydroxylation sites is 1. The molecule has 20 heavy (non-hydrogen) atoms. The Balaban J connectivity index is 2.15. The number of benzene rings is 2. The summed E-state index contributed by atoms with van der Waals surface area (Å²) in [6, 6.07) is 8.91. The first-order valence-corrected chi connectivity index (χ1v) is 6.08. The number of hydrogen-bond acceptors (Lipinski definition) is 3. The Hall–Kier alpha value is -2.14. The standard InChI is InChI=1S/C15H15F2NO2/c1-19-14-7-10(5-6-11(14)8-18)9-20-15-12(16)3-2-4-13(15)17/h2-7H,8-9,18H2,1H3. The molecule has 0 spiro atoms. The summed E-state index contributed by atoms with van der Waals surface area (Å²) in [5.74, 6) is -1.21. The van der Waals surface area contributed by atoms with Gasteiger partial charge in [0.05, 0.1) is 7.11 Å². The number of methoxy groups -OCH3 is 1. The van der Waals surface area contributed by atoms with Crippen molar-refractivity contribution in [3.63, 3.8) is 0 Å². The van der Waals surface area contributed by atoms with Crippen molar-refractivity contribution in [1.29, 1.82) is 0 Å². The average molecular weight is 279 g/mol. The largest absolute Gasteiger partial charge is 0.496 e. The maximum atomic E-state index is 13.4. The van der Waals surface area contributed by atoms with Gasteiger partial charge >= 0.3 is 0 Å². The van der Waals surface area contributed by atoms with Crippen molar-refractivity contribution in [3.05, 3.63) is 59.2 Å². The summed E-state index contributed by atoms with van der Waals surface area (Å²) < 4.78 is 37.2. The fraction of sp³-hybridized carbons (Fsp3) is 0.200. The minimum atomic E-state index is -0.726. The van der Waals surface area contributed by atoms with Crippen LogP contribution in [0.15, 0.2) is 36.4 Å². The van der Waals surface area contributed by atoms with Gasteiger partial charge < -0.3 is 15.2 Å². The Morgan fingerprint density at radius 3 is 2.40 bits per heavy atom. The lowest BCUT2D eigenvalue weighted by Gasteiger charge is -2.11. The van der Waals surface area contributed by atoms with Crippen LogP contribution in [-0.2, 0) is 13.2 Å².